The molecule has 3 rings (SSSR count). The molecule has 1 unspecified atom stereocenters. The molecule has 0 radical (unpaired) electrons. The van der Waals surface area contributed by atoms with Gasteiger partial charge in [0.1, 0.15) is 6.10 Å². The zero-order valence-corrected chi connectivity index (χ0v) is 13.0. The van der Waals surface area contributed by atoms with Crippen LogP contribution < -0.4 is 5.32 Å². The Morgan fingerprint density at radius 1 is 1.48 bits per heavy atom. The summed E-state index contributed by atoms with van der Waals surface area (Å²) >= 11 is 0. The fourth-order valence-corrected chi connectivity index (χ4v) is 2.92. The lowest BCUT2D eigenvalue weighted by atomic mass is 9.96. The monoisotopic (exact) mass is 316 g/mol. The summed E-state index contributed by atoms with van der Waals surface area (Å²) in [6, 6.07) is 5.54. The molecule has 2 amide bonds. The minimum absolute atomic E-state index is 0.101. The highest BCUT2D eigenvalue weighted by Crippen LogP contribution is 2.21. The molecule has 1 aliphatic heterocycles. The van der Waals surface area contributed by atoms with E-state index in [0.29, 0.717) is 18.8 Å². The number of aliphatic hydroxyl groups is 1. The van der Waals surface area contributed by atoms with Crippen molar-refractivity contribution in [3.63, 3.8) is 0 Å². The van der Waals surface area contributed by atoms with E-state index in [0.717, 1.165) is 23.7 Å². The first-order chi connectivity index (χ1) is 11.0. The smallest absolute Gasteiger partial charge is 0.251 e. The lowest BCUT2D eigenvalue weighted by molar-refractivity contribution is -0.142. The van der Waals surface area contributed by atoms with Crippen molar-refractivity contribution >= 4 is 28.4 Å². The second kappa shape index (κ2) is 6.37. The largest absolute Gasteiger partial charge is 0.384 e. The summed E-state index contributed by atoms with van der Waals surface area (Å²) in [5.41, 5.74) is 1.62. The van der Waals surface area contributed by atoms with Gasteiger partial charge in [0, 0.05) is 24.2 Å². The molecule has 0 bridgehead atoms. The van der Waals surface area contributed by atoms with Crippen LogP contribution in [-0.4, -0.2) is 51.2 Å². The fourth-order valence-electron chi connectivity index (χ4n) is 2.92. The van der Waals surface area contributed by atoms with Crippen molar-refractivity contribution in [2.45, 2.75) is 25.9 Å². The SMILES string of the molecule is C[C@H](O)C(=O)N1CCCC(C(=O)Nc2ccc3[nH]ncc3c2)C1. The summed E-state index contributed by atoms with van der Waals surface area (Å²) in [5.74, 6) is -0.676. The van der Waals surface area contributed by atoms with Crippen LogP contribution in [0, 0.1) is 5.92 Å². The normalized spacial score (nSPS) is 19.6. The van der Waals surface area contributed by atoms with Crippen molar-refractivity contribution in [1.29, 1.82) is 0 Å². The van der Waals surface area contributed by atoms with Crippen LogP contribution in [0.1, 0.15) is 19.8 Å². The summed E-state index contributed by atoms with van der Waals surface area (Å²) in [6.45, 7) is 2.39. The van der Waals surface area contributed by atoms with E-state index in [1.807, 2.05) is 18.2 Å². The number of amides is 2. The molecule has 2 aromatic rings. The second-order valence-electron chi connectivity index (χ2n) is 5.96. The van der Waals surface area contributed by atoms with Crippen LogP contribution in [0.4, 0.5) is 5.69 Å². The predicted octanol–water partition coefficient (Wildman–Crippen LogP) is 1.12. The average molecular weight is 316 g/mol. The number of aromatic amines is 1. The number of aromatic nitrogens is 2. The van der Waals surface area contributed by atoms with E-state index < -0.39 is 6.10 Å². The fraction of sp³-hybridized carbons (Fsp3) is 0.438. The van der Waals surface area contributed by atoms with Gasteiger partial charge in [-0.15, -0.1) is 0 Å². The van der Waals surface area contributed by atoms with Crippen molar-refractivity contribution in [3.8, 4) is 0 Å². The molecule has 0 saturated carbocycles. The lowest BCUT2D eigenvalue weighted by Crippen LogP contribution is -2.46. The molecule has 1 aliphatic rings. The molecule has 7 nitrogen and oxygen atoms in total. The van der Waals surface area contributed by atoms with Crippen LogP contribution >= 0.6 is 0 Å². The van der Waals surface area contributed by atoms with Gasteiger partial charge in [0.25, 0.3) is 5.91 Å². The number of carbonyl (C=O) groups is 2. The highest BCUT2D eigenvalue weighted by atomic mass is 16.3. The minimum Gasteiger partial charge on any atom is -0.384 e. The van der Waals surface area contributed by atoms with Gasteiger partial charge < -0.3 is 15.3 Å². The summed E-state index contributed by atoms with van der Waals surface area (Å²) in [7, 11) is 0. The van der Waals surface area contributed by atoms with Crippen LogP contribution in [-0.2, 0) is 9.59 Å². The highest BCUT2D eigenvalue weighted by Gasteiger charge is 2.29. The first-order valence-corrected chi connectivity index (χ1v) is 7.75. The molecule has 2 atom stereocenters. The van der Waals surface area contributed by atoms with E-state index in [1.165, 1.54) is 6.92 Å². The average Bonchev–Trinajstić information content (AvgIpc) is 3.01. The summed E-state index contributed by atoms with van der Waals surface area (Å²) in [5, 5.41) is 20.1. The zero-order chi connectivity index (χ0) is 16.4. The zero-order valence-electron chi connectivity index (χ0n) is 13.0. The third-order valence-electron chi connectivity index (χ3n) is 4.17. The lowest BCUT2D eigenvalue weighted by Gasteiger charge is -2.32. The Balaban J connectivity index is 1.66. The van der Waals surface area contributed by atoms with E-state index in [2.05, 4.69) is 15.5 Å². The molecule has 122 valence electrons. The van der Waals surface area contributed by atoms with Crippen molar-refractivity contribution < 1.29 is 14.7 Å². The van der Waals surface area contributed by atoms with E-state index in [1.54, 1.807) is 11.1 Å². The van der Waals surface area contributed by atoms with Gasteiger partial charge in [0.05, 0.1) is 17.6 Å². The van der Waals surface area contributed by atoms with Gasteiger partial charge in [-0.3, -0.25) is 14.7 Å². The molecule has 0 aliphatic carbocycles. The number of hydrogen-bond acceptors (Lipinski definition) is 4. The molecule has 2 heterocycles. The van der Waals surface area contributed by atoms with Gasteiger partial charge >= 0.3 is 0 Å². The Morgan fingerprint density at radius 3 is 3.09 bits per heavy atom. The number of nitrogens with zero attached hydrogens (tertiary/aromatic N) is 2. The van der Waals surface area contributed by atoms with Crippen molar-refractivity contribution in [3.05, 3.63) is 24.4 Å². The summed E-state index contributed by atoms with van der Waals surface area (Å²) in [6.07, 6.45) is 2.18. The number of likely N-dealkylation sites (tertiary alicyclic amines) is 1. The Morgan fingerprint density at radius 2 is 2.30 bits per heavy atom. The van der Waals surface area contributed by atoms with Crippen LogP contribution in [0.3, 0.4) is 0 Å². The standard InChI is InChI=1S/C16H20N4O3/c1-10(21)16(23)20-6-2-3-11(9-20)15(22)18-13-4-5-14-12(7-13)8-17-19-14/h4-5,7-8,10-11,21H,2-3,6,9H2,1H3,(H,17,19)(H,18,22)/t10-,11?/m0/s1. The van der Waals surface area contributed by atoms with E-state index >= 15 is 0 Å². The van der Waals surface area contributed by atoms with Crippen LogP contribution in [0.2, 0.25) is 0 Å². The predicted molar refractivity (Wildman–Crippen MR) is 85.7 cm³/mol. The van der Waals surface area contributed by atoms with Gasteiger partial charge in [-0.2, -0.15) is 5.10 Å². The number of aliphatic hydroxyl groups excluding tert-OH is 1. The summed E-state index contributed by atoms with van der Waals surface area (Å²) in [4.78, 5) is 25.9. The molecule has 23 heavy (non-hydrogen) atoms. The quantitative estimate of drug-likeness (QED) is 0.790. The van der Waals surface area contributed by atoms with E-state index in [4.69, 9.17) is 0 Å². The van der Waals surface area contributed by atoms with Gasteiger partial charge in [0.15, 0.2) is 0 Å². The Hall–Kier alpha value is -2.41. The summed E-state index contributed by atoms with van der Waals surface area (Å²) < 4.78 is 0. The van der Waals surface area contributed by atoms with Crippen LogP contribution in [0.5, 0.6) is 0 Å². The molecule has 1 aromatic carbocycles. The number of nitrogens with one attached hydrogen (secondary N) is 2. The molecule has 1 saturated heterocycles. The van der Waals surface area contributed by atoms with Crippen LogP contribution in [0.25, 0.3) is 10.9 Å². The van der Waals surface area contributed by atoms with E-state index in [9.17, 15) is 14.7 Å². The maximum absolute atomic E-state index is 12.4. The Bertz CT molecular complexity index is 725. The first-order valence-electron chi connectivity index (χ1n) is 7.75. The number of piperidine rings is 1. The highest BCUT2D eigenvalue weighted by molar-refractivity contribution is 5.95. The number of rotatable bonds is 3. The number of carbonyl (C=O) groups excluding carboxylic acids is 2. The van der Waals surface area contributed by atoms with Crippen molar-refractivity contribution in [1.82, 2.24) is 15.1 Å². The Labute approximate surface area is 133 Å². The Kier molecular flexibility index (Phi) is 4.29. The number of fused-ring (bicyclic) bond motifs is 1. The third kappa shape index (κ3) is 3.34. The van der Waals surface area contributed by atoms with Crippen molar-refractivity contribution in [2.75, 3.05) is 18.4 Å². The maximum atomic E-state index is 12.4. The van der Waals surface area contributed by atoms with Gasteiger partial charge in [0.2, 0.25) is 5.91 Å². The van der Waals surface area contributed by atoms with Gasteiger partial charge in [-0.25, -0.2) is 0 Å². The van der Waals surface area contributed by atoms with E-state index in [-0.39, 0.29) is 17.7 Å². The number of H-pyrrole nitrogens is 1. The number of hydrogen-bond donors (Lipinski definition) is 3. The topological polar surface area (TPSA) is 98.3 Å². The van der Waals surface area contributed by atoms with Crippen LogP contribution in [0.15, 0.2) is 24.4 Å². The number of benzene rings is 1. The molecule has 7 heteroatoms. The first kappa shape index (κ1) is 15.5. The van der Waals surface area contributed by atoms with Crippen molar-refractivity contribution in [2.24, 2.45) is 5.92 Å². The molecule has 0 spiro atoms. The second-order valence-corrected chi connectivity index (χ2v) is 5.96. The molecule has 1 aromatic heterocycles. The van der Waals surface area contributed by atoms with Gasteiger partial charge in [-0.1, -0.05) is 0 Å². The molecular weight excluding hydrogens is 296 g/mol. The molecule has 1 fully saturated rings. The maximum Gasteiger partial charge on any atom is 0.251 e. The number of anilines is 1. The minimum atomic E-state index is -1.03. The molecular formula is C16H20N4O3. The van der Waals surface area contributed by atoms with Gasteiger partial charge in [-0.05, 0) is 38.0 Å². The molecule has 3 N–H and O–H groups in total. The third-order valence-corrected chi connectivity index (χ3v) is 4.17.